The van der Waals surface area contributed by atoms with Crippen LogP contribution < -0.4 is 0 Å². The fourth-order valence-corrected chi connectivity index (χ4v) is 1.91. The average Bonchev–Trinajstić information content (AvgIpc) is 2.26. The minimum absolute atomic E-state index is 0.473. The molecule has 0 atom stereocenters. The number of hydrogen-bond donors (Lipinski definition) is 0. The minimum atomic E-state index is 0.473. The van der Waals surface area contributed by atoms with Crippen LogP contribution in [0.4, 0.5) is 0 Å². The Morgan fingerprint density at radius 2 is 1.81 bits per heavy atom. The van der Waals surface area contributed by atoms with Gasteiger partial charge in [-0.1, -0.05) is 65.1 Å². The van der Waals surface area contributed by atoms with E-state index in [0.29, 0.717) is 11.8 Å². The van der Waals surface area contributed by atoms with Gasteiger partial charge in [0.05, 0.1) is 0 Å². The average molecular weight is 214 g/mol. The van der Waals surface area contributed by atoms with Gasteiger partial charge in [0.25, 0.3) is 0 Å². The quantitative estimate of drug-likeness (QED) is 0.652. The van der Waals surface area contributed by atoms with Crippen LogP contribution in [-0.2, 0) is 0 Å². The Kier molecular flexibility index (Phi) is 4.12. The van der Waals surface area contributed by atoms with E-state index in [0.717, 1.165) is 0 Å². The second kappa shape index (κ2) is 5.16. The van der Waals surface area contributed by atoms with E-state index < -0.39 is 0 Å². The van der Waals surface area contributed by atoms with Crippen molar-refractivity contribution in [3.8, 4) is 0 Å². The third-order valence-corrected chi connectivity index (χ3v) is 3.01. The number of benzene rings is 1. The van der Waals surface area contributed by atoms with Gasteiger partial charge in [-0.3, -0.25) is 0 Å². The zero-order chi connectivity index (χ0) is 12.3. The molecule has 0 saturated heterocycles. The standard InChI is InChI=1S/C16H22/c1-7-14-15(12(4)5)9-8-10-16(14)13(6)11(2)3/h7-12H,1,6H2,2-5H3. The maximum Gasteiger partial charge on any atom is -0.0153 e. The van der Waals surface area contributed by atoms with Crippen LogP contribution in [0.2, 0.25) is 0 Å². The molecule has 1 rings (SSSR count). The first-order valence-electron chi connectivity index (χ1n) is 5.93. The molecule has 0 aliphatic carbocycles. The van der Waals surface area contributed by atoms with Crippen LogP contribution in [0.15, 0.2) is 31.4 Å². The Balaban J connectivity index is 3.35. The van der Waals surface area contributed by atoms with Crippen LogP contribution in [0, 0.1) is 5.92 Å². The van der Waals surface area contributed by atoms with Crippen molar-refractivity contribution in [1.82, 2.24) is 0 Å². The smallest absolute Gasteiger partial charge is 0.0153 e. The van der Waals surface area contributed by atoms with Crippen LogP contribution in [0.1, 0.15) is 50.3 Å². The van der Waals surface area contributed by atoms with Crippen molar-refractivity contribution in [3.05, 3.63) is 48.0 Å². The molecule has 0 spiro atoms. The van der Waals surface area contributed by atoms with E-state index in [1.165, 1.54) is 22.3 Å². The highest BCUT2D eigenvalue weighted by Gasteiger charge is 2.12. The summed E-state index contributed by atoms with van der Waals surface area (Å²) in [6.45, 7) is 16.9. The van der Waals surface area contributed by atoms with Crippen molar-refractivity contribution in [3.63, 3.8) is 0 Å². The second-order valence-corrected chi connectivity index (χ2v) is 4.85. The summed E-state index contributed by atoms with van der Waals surface area (Å²) in [7, 11) is 0. The maximum atomic E-state index is 4.19. The van der Waals surface area contributed by atoms with Crippen molar-refractivity contribution in [2.75, 3.05) is 0 Å². The predicted molar refractivity (Wildman–Crippen MR) is 74.5 cm³/mol. The lowest BCUT2D eigenvalue weighted by Gasteiger charge is -2.18. The molecule has 0 heterocycles. The molecule has 0 bridgehead atoms. The topological polar surface area (TPSA) is 0 Å². The first-order chi connectivity index (χ1) is 7.49. The SMILES string of the molecule is C=Cc1c(C(=C)C(C)C)cccc1C(C)C. The summed E-state index contributed by atoms with van der Waals surface area (Å²) in [6, 6.07) is 6.44. The van der Waals surface area contributed by atoms with Crippen molar-refractivity contribution < 1.29 is 0 Å². The molecule has 0 N–H and O–H groups in total. The predicted octanol–water partition coefficient (Wildman–Crippen LogP) is 5.12. The van der Waals surface area contributed by atoms with E-state index in [4.69, 9.17) is 0 Å². The van der Waals surface area contributed by atoms with E-state index in [-0.39, 0.29) is 0 Å². The van der Waals surface area contributed by atoms with Gasteiger partial charge >= 0.3 is 0 Å². The number of hydrogen-bond acceptors (Lipinski definition) is 0. The largest absolute Gasteiger partial charge is 0.0984 e. The van der Waals surface area contributed by atoms with Gasteiger partial charge in [0, 0.05) is 0 Å². The molecule has 86 valence electrons. The van der Waals surface area contributed by atoms with Crippen molar-refractivity contribution >= 4 is 11.6 Å². The fourth-order valence-electron chi connectivity index (χ4n) is 1.91. The highest BCUT2D eigenvalue weighted by atomic mass is 14.2. The van der Waals surface area contributed by atoms with Gasteiger partial charge in [-0.25, -0.2) is 0 Å². The number of allylic oxidation sites excluding steroid dienone is 1. The lowest BCUT2D eigenvalue weighted by atomic mass is 9.87. The zero-order valence-electron chi connectivity index (χ0n) is 10.9. The molecule has 0 aliphatic heterocycles. The Labute approximate surface area is 99.7 Å². The molecule has 0 aromatic heterocycles. The van der Waals surface area contributed by atoms with Crippen molar-refractivity contribution in [2.45, 2.75) is 33.6 Å². The molecule has 0 radical (unpaired) electrons. The van der Waals surface area contributed by atoms with Gasteiger partial charge in [0.2, 0.25) is 0 Å². The fraction of sp³-hybridized carbons (Fsp3) is 0.375. The van der Waals surface area contributed by atoms with Gasteiger partial charge in [0.15, 0.2) is 0 Å². The van der Waals surface area contributed by atoms with Crippen LogP contribution in [0.3, 0.4) is 0 Å². The van der Waals surface area contributed by atoms with Crippen molar-refractivity contribution in [1.29, 1.82) is 0 Å². The molecule has 16 heavy (non-hydrogen) atoms. The maximum absolute atomic E-state index is 4.19. The number of rotatable bonds is 4. The first-order valence-corrected chi connectivity index (χ1v) is 5.93. The van der Waals surface area contributed by atoms with Crippen LogP contribution in [-0.4, -0.2) is 0 Å². The summed E-state index contributed by atoms with van der Waals surface area (Å²) < 4.78 is 0. The summed E-state index contributed by atoms with van der Waals surface area (Å²) in [5, 5.41) is 0. The highest BCUT2D eigenvalue weighted by molar-refractivity contribution is 5.75. The molecule has 0 nitrogen and oxygen atoms in total. The van der Waals surface area contributed by atoms with E-state index in [2.05, 4.69) is 59.1 Å². The molecule has 1 aromatic rings. The van der Waals surface area contributed by atoms with Crippen LogP contribution in [0.25, 0.3) is 11.6 Å². The third-order valence-electron chi connectivity index (χ3n) is 3.01. The summed E-state index contributed by atoms with van der Waals surface area (Å²) in [5.74, 6) is 0.994. The Morgan fingerprint density at radius 1 is 1.19 bits per heavy atom. The normalized spacial score (nSPS) is 10.9. The van der Waals surface area contributed by atoms with Gasteiger partial charge in [-0.05, 0) is 34.1 Å². The molecule has 0 amide bonds. The summed E-state index contributed by atoms with van der Waals surface area (Å²) in [5.41, 5.74) is 5.04. The van der Waals surface area contributed by atoms with Crippen LogP contribution >= 0.6 is 0 Å². The highest BCUT2D eigenvalue weighted by Crippen LogP contribution is 2.30. The summed E-state index contributed by atoms with van der Waals surface area (Å²) in [4.78, 5) is 0. The Bertz CT molecular complexity index is 394. The molecule has 1 aromatic carbocycles. The van der Waals surface area contributed by atoms with E-state index >= 15 is 0 Å². The molecule has 0 unspecified atom stereocenters. The van der Waals surface area contributed by atoms with Gasteiger partial charge in [0.1, 0.15) is 0 Å². The molecule has 0 heteroatoms. The van der Waals surface area contributed by atoms with E-state index in [9.17, 15) is 0 Å². The zero-order valence-corrected chi connectivity index (χ0v) is 10.9. The minimum Gasteiger partial charge on any atom is -0.0984 e. The Hall–Kier alpha value is -1.30. The molecule has 0 aliphatic rings. The summed E-state index contributed by atoms with van der Waals surface area (Å²) >= 11 is 0. The molecule has 0 saturated carbocycles. The molecular formula is C16H22. The molecule has 0 fully saturated rings. The van der Waals surface area contributed by atoms with Gasteiger partial charge < -0.3 is 0 Å². The van der Waals surface area contributed by atoms with E-state index in [1.807, 2.05) is 6.08 Å². The van der Waals surface area contributed by atoms with Gasteiger partial charge in [-0.15, -0.1) is 0 Å². The molecular weight excluding hydrogens is 192 g/mol. The van der Waals surface area contributed by atoms with Crippen LogP contribution in [0.5, 0.6) is 0 Å². The lowest BCUT2D eigenvalue weighted by Crippen LogP contribution is -2.00. The third kappa shape index (κ3) is 2.44. The second-order valence-electron chi connectivity index (χ2n) is 4.85. The Morgan fingerprint density at radius 3 is 2.25 bits per heavy atom. The first kappa shape index (κ1) is 12.8. The van der Waals surface area contributed by atoms with Gasteiger partial charge in [-0.2, -0.15) is 0 Å². The monoisotopic (exact) mass is 214 g/mol. The lowest BCUT2D eigenvalue weighted by molar-refractivity contribution is 0.846. The summed E-state index contributed by atoms with van der Waals surface area (Å²) in [6.07, 6.45) is 1.96. The van der Waals surface area contributed by atoms with E-state index in [1.54, 1.807) is 0 Å². The van der Waals surface area contributed by atoms with Crippen molar-refractivity contribution in [2.24, 2.45) is 5.92 Å².